The summed E-state index contributed by atoms with van der Waals surface area (Å²) >= 11 is 6.00. The van der Waals surface area contributed by atoms with E-state index in [-0.39, 0.29) is 6.61 Å². The predicted molar refractivity (Wildman–Crippen MR) is 91.2 cm³/mol. The fourth-order valence-corrected chi connectivity index (χ4v) is 2.33. The van der Waals surface area contributed by atoms with Crippen molar-refractivity contribution in [2.24, 2.45) is 0 Å². The SMILES string of the molecule is Cc1ccc(NC(=O)COC(=O)c2ccc3nc[nH]c3c2)cc1Cl. The number of carbonyl (C=O) groups excluding carboxylic acids is 2. The van der Waals surface area contributed by atoms with Gasteiger partial charge in [-0.3, -0.25) is 4.79 Å². The van der Waals surface area contributed by atoms with Crippen LogP contribution in [0.15, 0.2) is 42.7 Å². The average molecular weight is 344 g/mol. The minimum absolute atomic E-state index is 0.345. The lowest BCUT2D eigenvalue weighted by Crippen LogP contribution is -2.20. The van der Waals surface area contributed by atoms with Crippen molar-refractivity contribution in [2.75, 3.05) is 11.9 Å². The minimum atomic E-state index is -0.580. The second-order valence-corrected chi connectivity index (χ2v) is 5.63. The van der Waals surface area contributed by atoms with Gasteiger partial charge in [0.05, 0.1) is 22.9 Å². The summed E-state index contributed by atoms with van der Waals surface area (Å²) in [6.45, 7) is 1.48. The fraction of sp³-hybridized carbons (Fsp3) is 0.118. The van der Waals surface area contributed by atoms with Crippen molar-refractivity contribution in [3.8, 4) is 0 Å². The van der Waals surface area contributed by atoms with Crippen LogP contribution >= 0.6 is 11.6 Å². The van der Waals surface area contributed by atoms with E-state index in [9.17, 15) is 9.59 Å². The summed E-state index contributed by atoms with van der Waals surface area (Å²) in [5.74, 6) is -1.02. The van der Waals surface area contributed by atoms with Crippen LogP contribution in [0.3, 0.4) is 0 Å². The molecule has 2 N–H and O–H groups in total. The Labute approximate surface area is 142 Å². The summed E-state index contributed by atoms with van der Waals surface area (Å²) < 4.78 is 5.02. The Morgan fingerprint density at radius 3 is 2.88 bits per heavy atom. The largest absolute Gasteiger partial charge is 0.452 e. The van der Waals surface area contributed by atoms with E-state index in [1.165, 1.54) is 0 Å². The zero-order chi connectivity index (χ0) is 17.1. The van der Waals surface area contributed by atoms with Crippen LogP contribution in [0.4, 0.5) is 5.69 Å². The number of aromatic amines is 1. The molecule has 3 aromatic rings. The molecule has 0 spiro atoms. The Hall–Kier alpha value is -2.86. The van der Waals surface area contributed by atoms with E-state index in [1.807, 2.05) is 6.92 Å². The lowest BCUT2D eigenvalue weighted by atomic mass is 10.2. The van der Waals surface area contributed by atoms with Crippen molar-refractivity contribution in [1.82, 2.24) is 9.97 Å². The molecule has 0 radical (unpaired) electrons. The number of rotatable bonds is 4. The van der Waals surface area contributed by atoms with E-state index in [2.05, 4.69) is 15.3 Å². The number of hydrogen-bond donors (Lipinski definition) is 2. The number of aromatic nitrogens is 2. The predicted octanol–water partition coefficient (Wildman–Crippen LogP) is 3.32. The second kappa shape index (κ2) is 6.72. The van der Waals surface area contributed by atoms with Gasteiger partial charge in [-0.05, 0) is 42.8 Å². The molecule has 1 aromatic heterocycles. The number of hydrogen-bond acceptors (Lipinski definition) is 4. The Bertz CT molecular complexity index is 920. The van der Waals surface area contributed by atoms with Crippen LogP contribution in [0.2, 0.25) is 5.02 Å². The van der Waals surface area contributed by atoms with E-state index in [0.717, 1.165) is 16.6 Å². The molecule has 0 aliphatic heterocycles. The van der Waals surface area contributed by atoms with Crippen LogP contribution in [-0.4, -0.2) is 28.5 Å². The fourth-order valence-electron chi connectivity index (χ4n) is 2.14. The lowest BCUT2D eigenvalue weighted by Gasteiger charge is -2.08. The maximum Gasteiger partial charge on any atom is 0.338 e. The number of carbonyl (C=O) groups is 2. The highest BCUT2D eigenvalue weighted by Crippen LogP contribution is 2.20. The number of H-pyrrole nitrogens is 1. The Kier molecular flexibility index (Phi) is 4.48. The summed E-state index contributed by atoms with van der Waals surface area (Å²) in [5, 5.41) is 3.18. The molecule has 1 amide bonds. The van der Waals surface area contributed by atoms with Crippen LogP contribution in [-0.2, 0) is 9.53 Å². The normalized spacial score (nSPS) is 10.6. The molecule has 0 saturated heterocycles. The molecule has 122 valence electrons. The van der Waals surface area contributed by atoms with Crippen molar-refractivity contribution in [2.45, 2.75) is 6.92 Å². The molecule has 0 fully saturated rings. The van der Waals surface area contributed by atoms with E-state index in [4.69, 9.17) is 16.3 Å². The molecule has 0 aliphatic rings. The molecular weight excluding hydrogens is 330 g/mol. The molecule has 24 heavy (non-hydrogen) atoms. The monoisotopic (exact) mass is 343 g/mol. The van der Waals surface area contributed by atoms with E-state index < -0.39 is 11.9 Å². The molecule has 0 saturated carbocycles. The number of ether oxygens (including phenoxy) is 1. The van der Waals surface area contributed by atoms with Crippen LogP contribution in [0.5, 0.6) is 0 Å². The van der Waals surface area contributed by atoms with Crippen molar-refractivity contribution in [3.05, 3.63) is 58.9 Å². The highest BCUT2D eigenvalue weighted by atomic mass is 35.5. The van der Waals surface area contributed by atoms with Crippen LogP contribution < -0.4 is 5.32 Å². The second-order valence-electron chi connectivity index (χ2n) is 5.22. The maximum absolute atomic E-state index is 12.0. The lowest BCUT2D eigenvalue weighted by molar-refractivity contribution is -0.119. The molecular formula is C17H14ClN3O3. The van der Waals surface area contributed by atoms with Gasteiger partial charge in [0.2, 0.25) is 0 Å². The molecule has 0 aliphatic carbocycles. The van der Waals surface area contributed by atoms with Crippen molar-refractivity contribution in [1.29, 1.82) is 0 Å². The third-order valence-corrected chi connectivity index (χ3v) is 3.85. The number of amides is 1. The first kappa shape index (κ1) is 16.0. The number of esters is 1. The highest BCUT2D eigenvalue weighted by molar-refractivity contribution is 6.31. The summed E-state index contributed by atoms with van der Waals surface area (Å²) in [6.07, 6.45) is 1.54. The number of aryl methyl sites for hydroxylation is 1. The van der Waals surface area contributed by atoms with E-state index >= 15 is 0 Å². The number of fused-ring (bicyclic) bond motifs is 1. The molecule has 0 unspecified atom stereocenters. The van der Waals surface area contributed by atoms with Gasteiger partial charge in [0.25, 0.3) is 5.91 Å². The number of nitrogens with zero attached hydrogens (tertiary/aromatic N) is 1. The van der Waals surface area contributed by atoms with Gasteiger partial charge in [-0.15, -0.1) is 0 Å². The molecule has 1 heterocycles. The number of halogens is 1. The van der Waals surface area contributed by atoms with Crippen LogP contribution in [0, 0.1) is 6.92 Å². The standard InChI is InChI=1S/C17H14ClN3O3/c1-10-2-4-12(7-13(10)18)21-16(22)8-24-17(23)11-3-5-14-15(6-11)20-9-19-14/h2-7,9H,8H2,1H3,(H,19,20)(H,21,22). The summed E-state index contributed by atoms with van der Waals surface area (Å²) in [7, 11) is 0. The minimum Gasteiger partial charge on any atom is -0.452 e. The number of nitrogens with one attached hydrogen (secondary N) is 2. The van der Waals surface area contributed by atoms with Gasteiger partial charge in [-0.2, -0.15) is 0 Å². The van der Waals surface area contributed by atoms with Gasteiger partial charge in [0.15, 0.2) is 6.61 Å². The first-order valence-corrected chi connectivity index (χ1v) is 7.57. The first-order chi connectivity index (χ1) is 11.5. The average Bonchev–Trinajstić information content (AvgIpc) is 3.03. The molecule has 2 aromatic carbocycles. The number of benzene rings is 2. The van der Waals surface area contributed by atoms with Crippen molar-refractivity contribution in [3.63, 3.8) is 0 Å². The Balaban J connectivity index is 1.58. The van der Waals surface area contributed by atoms with E-state index in [0.29, 0.717) is 16.3 Å². The van der Waals surface area contributed by atoms with Crippen LogP contribution in [0.1, 0.15) is 15.9 Å². The number of anilines is 1. The summed E-state index contributed by atoms with van der Waals surface area (Å²) in [6, 6.07) is 10.1. The smallest absolute Gasteiger partial charge is 0.338 e. The quantitative estimate of drug-likeness (QED) is 0.712. The molecule has 0 bridgehead atoms. The van der Waals surface area contributed by atoms with Gasteiger partial charge in [-0.25, -0.2) is 9.78 Å². The van der Waals surface area contributed by atoms with Crippen LogP contribution in [0.25, 0.3) is 11.0 Å². The zero-order valence-corrected chi connectivity index (χ0v) is 13.6. The molecule has 7 heteroatoms. The van der Waals surface area contributed by atoms with Gasteiger partial charge < -0.3 is 15.0 Å². The van der Waals surface area contributed by atoms with E-state index in [1.54, 1.807) is 42.7 Å². The number of imidazole rings is 1. The van der Waals surface area contributed by atoms with Crippen molar-refractivity contribution >= 4 is 40.2 Å². The van der Waals surface area contributed by atoms with Crippen molar-refractivity contribution < 1.29 is 14.3 Å². The molecule has 0 atom stereocenters. The summed E-state index contributed by atoms with van der Waals surface area (Å²) in [5.41, 5.74) is 3.28. The van der Waals surface area contributed by atoms with Gasteiger partial charge >= 0.3 is 5.97 Å². The molecule has 3 rings (SSSR count). The van der Waals surface area contributed by atoms with Gasteiger partial charge in [-0.1, -0.05) is 17.7 Å². The topological polar surface area (TPSA) is 84.1 Å². The Morgan fingerprint density at radius 1 is 1.25 bits per heavy atom. The Morgan fingerprint density at radius 2 is 2.08 bits per heavy atom. The zero-order valence-electron chi connectivity index (χ0n) is 12.8. The maximum atomic E-state index is 12.0. The van der Waals surface area contributed by atoms with Gasteiger partial charge in [0, 0.05) is 10.7 Å². The third-order valence-electron chi connectivity index (χ3n) is 3.45. The van der Waals surface area contributed by atoms with Gasteiger partial charge in [0.1, 0.15) is 0 Å². The highest BCUT2D eigenvalue weighted by Gasteiger charge is 2.12. The third kappa shape index (κ3) is 3.55. The summed E-state index contributed by atoms with van der Waals surface area (Å²) in [4.78, 5) is 30.9. The molecule has 6 nitrogen and oxygen atoms in total. The first-order valence-electron chi connectivity index (χ1n) is 7.19.